The van der Waals surface area contributed by atoms with Gasteiger partial charge in [0.2, 0.25) is 0 Å². The average Bonchev–Trinajstić information content (AvgIpc) is 2.55. The third kappa shape index (κ3) is 3.57. The molecule has 0 bridgehead atoms. The first-order valence-corrected chi connectivity index (χ1v) is 6.38. The Labute approximate surface area is 123 Å². The predicted octanol–water partition coefficient (Wildman–Crippen LogP) is 2.23. The fraction of sp³-hybridized carbons (Fsp3) is 0.188. The molecule has 0 aliphatic carbocycles. The van der Waals surface area contributed by atoms with E-state index in [2.05, 4.69) is 4.98 Å². The monoisotopic (exact) mass is 281 g/mol. The predicted molar refractivity (Wildman–Crippen MR) is 77.7 cm³/mol. The van der Waals surface area contributed by atoms with E-state index in [0.29, 0.717) is 17.8 Å². The van der Waals surface area contributed by atoms with E-state index in [1.165, 1.54) is 6.20 Å². The minimum atomic E-state index is -0.185. The zero-order chi connectivity index (χ0) is 15.2. The van der Waals surface area contributed by atoms with Crippen molar-refractivity contribution in [1.82, 2.24) is 9.88 Å². The molecule has 0 unspecified atom stereocenters. The molecule has 0 spiro atoms. The van der Waals surface area contributed by atoms with Gasteiger partial charge in [-0.05, 0) is 29.8 Å². The normalized spacial score (nSPS) is 9.76. The van der Waals surface area contributed by atoms with E-state index < -0.39 is 0 Å². The number of ether oxygens (including phenoxy) is 1. The van der Waals surface area contributed by atoms with Gasteiger partial charge in [-0.15, -0.1) is 0 Å². The van der Waals surface area contributed by atoms with Gasteiger partial charge in [-0.2, -0.15) is 5.26 Å². The van der Waals surface area contributed by atoms with Crippen LogP contribution in [0.5, 0.6) is 5.75 Å². The molecule has 106 valence electrons. The first-order chi connectivity index (χ1) is 10.1. The van der Waals surface area contributed by atoms with Crippen LogP contribution in [0.3, 0.4) is 0 Å². The maximum absolute atomic E-state index is 12.2. The third-order valence-electron chi connectivity index (χ3n) is 3.04. The average molecular weight is 281 g/mol. The second-order valence-electron chi connectivity index (χ2n) is 4.55. The van der Waals surface area contributed by atoms with Crippen molar-refractivity contribution in [2.45, 2.75) is 6.54 Å². The van der Waals surface area contributed by atoms with Crippen molar-refractivity contribution >= 4 is 5.91 Å². The van der Waals surface area contributed by atoms with Crippen LogP contribution in [0.15, 0.2) is 42.6 Å². The van der Waals surface area contributed by atoms with Gasteiger partial charge in [0.15, 0.2) is 0 Å². The van der Waals surface area contributed by atoms with Crippen molar-refractivity contribution in [2.24, 2.45) is 0 Å². The van der Waals surface area contributed by atoms with Crippen LogP contribution >= 0.6 is 0 Å². The van der Waals surface area contributed by atoms with E-state index in [1.54, 1.807) is 31.2 Å². The topological polar surface area (TPSA) is 66.2 Å². The SMILES string of the molecule is COc1ccc(CN(C)C(=O)c2ccc(C#N)cn2)cc1. The molecule has 0 fully saturated rings. The van der Waals surface area contributed by atoms with Gasteiger partial charge in [-0.25, -0.2) is 4.98 Å². The molecule has 0 radical (unpaired) electrons. The van der Waals surface area contributed by atoms with Crippen LogP contribution in [0.4, 0.5) is 0 Å². The van der Waals surface area contributed by atoms with Crippen LogP contribution in [0, 0.1) is 11.3 Å². The Kier molecular flexibility index (Phi) is 4.52. The summed E-state index contributed by atoms with van der Waals surface area (Å²) in [4.78, 5) is 17.8. The molecule has 5 nitrogen and oxygen atoms in total. The molecule has 0 aliphatic rings. The molecule has 0 atom stereocenters. The zero-order valence-corrected chi connectivity index (χ0v) is 11.9. The first-order valence-electron chi connectivity index (χ1n) is 6.38. The summed E-state index contributed by atoms with van der Waals surface area (Å²) in [6.45, 7) is 0.477. The number of pyridine rings is 1. The molecule has 1 heterocycles. The fourth-order valence-corrected chi connectivity index (χ4v) is 1.86. The molecule has 2 aromatic rings. The highest BCUT2D eigenvalue weighted by molar-refractivity contribution is 5.92. The number of rotatable bonds is 4. The van der Waals surface area contributed by atoms with E-state index in [9.17, 15) is 4.79 Å². The van der Waals surface area contributed by atoms with Gasteiger partial charge in [0, 0.05) is 19.8 Å². The fourth-order valence-electron chi connectivity index (χ4n) is 1.86. The lowest BCUT2D eigenvalue weighted by molar-refractivity contribution is 0.0779. The molecule has 0 saturated heterocycles. The van der Waals surface area contributed by atoms with E-state index in [0.717, 1.165) is 11.3 Å². The second kappa shape index (κ2) is 6.53. The van der Waals surface area contributed by atoms with Gasteiger partial charge in [0.1, 0.15) is 17.5 Å². The molecular weight excluding hydrogens is 266 g/mol. The first kappa shape index (κ1) is 14.5. The quantitative estimate of drug-likeness (QED) is 0.862. The number of benzene rings is 1. The molecule has 5 heteroatoms. The number of amides is 1. The van der Waals surface area contributed by atoms with Gasteiger partial charge in [-0.1, -0.05) is 12.1 Å². The number of hydrogen-bond donors (Lipinski definition) is 0. The maximum Gasteiger partial charge on any atom is 0.272 e. The van der Waals surface area contributed by atoms with Crippen molar-refractivity contribution in [3.63, 3.8) is 0 Å². The van der Waals surface area contributed by atoms with E-state index in [-0.39, 0.29) is 5.91 Å². The lowest BCUT2D eigenvalue weighted by Gasteiger charge is -2.17. The summed E-state index contributed by atoms with van der Waals surface area (Å²) in [6.07, 6.45) is 1.40. The second-order valence-corrected chi connectivity index (χ2v) is 4.55. The Bertz CT molecular complexity index is 657. The molecule has 0 saturated carbocycles. The molecule has 0 aliphatic heterocycles. The highest BCUT2D eigenvalue weighted by Crippen LogP contribution is 2.13. The number of methoxy groups -OCH3 is 1. The number of nitrogens with zero attached hydrogens (tertiary/aromatic N) is 3. The van der Waals surface area contributed by atoms with E-state index in [4.69, 9.17) is 10.00 Å². The van der Waals surface area contributed by atoms with E-state index >= 15 is 0 Å². The number of nitriles is 1. The standard InChI is InChI=1S/C16H15N3O2/c1-19(11-12-3-6-14(21-2)7-4-12)16(20)15-8-5-13(9-17)10-18-15/h3-8,10H,11H2,1-2H3. The Morgan fingerprint density at radius 3 is 2.52 bits per heavy atom. The molecular formula is C16H15N3O2. The van der Waals surface area contributed by atoms with Gasteiger partial charge >= 0.3 is 0 Å². The number of hydrogen-bond acceptors (Lipinski definition) is 4. The van der Waals surface area contributed by atoms with Gasteiger partial charge < -0.3 is 9.64 Å². The maximum atomic E-state index is 12.2. The molecule has 1 aromatic heterocycles. The van der Waals surface area contributed by atoms with Crippen LogP contribution in [-0.4, -0.2) is 29.9 Å². The van der Waals surface area contributed by atoms with Crippen molar-refractivity contribution in [3.05, 3.63) is 59.4 Å². The minimum absolute atomic E-state index is 0.185. The highest BCUT2D eigenvalue weighted by Gasteiger charge is 2.13. The summed E-state index contributed by atoms with van der Waals surface area (Å²) in [5.74, 6) is 0.594. The summed E-state index contributed by atoms with van der Waals surface area (Å²) in [5.41, 5.74) is 1.76. The zero-order valence-electron chi connectivity index (χ0n) is 11.9. The molecule has 1 aromatic carbocycles. The van der Waals surface area contributed by atoms with Crippen molar-refractivity contribution in [1.29, 1.82) is 5.26 Å². The van der Waals surface area contributed by atoms with Crippen molar-refractivity contribution in [3.8, 4) is 11.8 Å². The molecule has 2 rings (SSSR count). The Morgan fingerprint density at radius 1 is 1.29 bits per heavy atom. The molecule has 21 heavy (non-hydrogen) atoms. The molecule has 1 amide bonds. The molecule has 0 N–H and O–H groups in total. The largest absolute Gasteiger partial charge is 0.497 e. The summed E-state index contributed by atoms with van der Waals surface area (Å²) in [5, 5.41) is 8.72. The van der Waals surface area contributed by atoms with Gasteiger partial charge in [0.25, 0.3) is 5.91 Å². The number of carbonyl (C=O) groups is 1. The van der Waals surface area contributed by atoms with Crippen molar-refractivity contribution < 1.29 is 9.53 Å². The van der Waals surface area contributed by atoms with Crippen LogP contribution < -0.4 is 4.74 Å². The smallest absolute Gasteiger partial charge is 0.272 e. The lowest BCUT2D eigenvalue weighted by atomic mass is 10.2. The summed E-state index contributed by atoms with van der Waals surface area (Å²) < 4.78 is 5.10. The van der Waals surface area contributed by atoms with Crippen molar-refractivity contribution in [2.75, 3.05) is 14.2 Å². The minimum Gasteiger partial charge on any atom is -0.497 e. The summed E-state index contributed by atoms with van der Waals surface area (Å²) in [7, 11) is 3.33. The van der Waals surface area contributed by atoms with Crippen LogP contribution in [0.1, 0.15) is 21.6 Å². The van der Waals surface area contributed by atoms with Gasteiger partial charge in [0.05, 0.1) is 12.7 Å². The number of carbonyl (C=O) groups excluding carboxylic acids is 1. The van der Waals surface area contributed by atoms with Crippen LogP contribution in [-0.2, 0) is 6.54 Å². The Hall–Kier alpha value is -2.87. The van der Waals surface area contributed by atoms with E-state index in [1.807, 2.05) is 30.3 Å². The van der Waals surface area contributed by atoms with Crippen LogP contribution in [0.2, 0.25) is 0 Å². The lowest BCUT2D eigenvalue weighted by Crippen LogP contribution is -2.26. The summed E-state index contributed by atoms with van der Waals surface area (Å²) >= 11 is 0. The number of aromatic nitrogens is 1. The highest BCUT2D eigenvalue weighted by atomic mass is 16.5. The van der Waals surface area contributed by atoms with Crippen LogP contribution in [0.25, 0.3) is 0 Å². The Morgan fingerprint density at radius 2 is 2.00 bits per heavy atom. The third-order valence-corrected chi connectivity index (χ3v) is 3.04. The Balaban J connectivity index is 2.05. The summed E-state index contributed by atoms with van der Waals surface area (Å²) in [6, 6.07) is 12.7. The van der Waals surface area contributed by atoms with Gasteiger partial charge in [-0.3, -0.25) is 4.79 Å².